The Hall–Kier alpha value is -3.61. The van der Waals surface area contributed by atoms with Gasteiger partial charge in [-0.2, -0.15) is 0 Å². The molecule has 0 aliphatic rings. The van der Waals surface area contributed by atoms with Gasteiger partial charge in [-0.25, -0.2) is 0 Å². The van der Waals surface area contributed by atoms with Gasteiger partial charge < -0.3 is 18.9 Å². The number of benzene rings is 2. The summed E-state index contributed by atoms with van der Waals surface area (Å²) in [6, 6.07) is 6.44. The molecule has 0 aliphatic heterocycles. The van der Waals surface area contributed by atoms with Gasteiger partial charge in [-0.15, -0.1) is 0 Å². The second-order valence-electron chi connectivity index (χ2n) is 12.7. The van der Waals surface area contributed by atoms with E-state index in [9.17, 15) is 14.4 Å². The standard InChI is InChI=1S/C34H46O7/c1-13-39-29-24(18-19-25(35)22-14-16-23(17-15-22)40-31(36)33(6,7)8)28(38-12)26(20(2)3)30(27(29)21(4)5)41-32(37)34(9,10)11/h14-21H,13H2,1-12H3. The van der Waals surface area contributed by atoms with Crippen LogP contribution in [0.25, 0.3) is 6.08 Å². The Balaban J connectivity index is 2.66. The Morgan fingerprint density at radius 1 is 0.756 bits per heavy atom. The Morgan fingerprint density at radius 3 is 1.68 bits per heavy atom. The van der Waals surface area contributed by atoms with E-state index in [1.165, 1.54) is 6.08 Å². The zero-order valence-corrected chi connectivity index (χ0v) is 26.7. The van der Waals surface area contributed by atoms with Crippen LogP contribution < -0.4 is 18.9 Å². The molecule has 0 bridgehead atoms. The molecule has 0 amide bonds. The first kappa shape index (κ1) is 33.6. The smallest absolute Gasteiger partial charge is 0.316 e. The highest BCUT2D eigenvalue weighted by molar-refractivity contribution is 6.07. The van der Waals surface area contributed by atoms with E-state index >= 15 is 0 Å². The predicted octanol–water partition coefficient (Wildman–Crippen LogP) is 8.14. The fourth-order valence-corrected chi connectivity index (χ4v) is 4.02. The first-order valence-electron chi connectivity index (χ1n) is 14.1. The fraction of sp³-hybridized carbons (Fsp3) is 0.500. The summed E-state index contributed by atoms with van der Waals surface area (Å²) in [5.41, 5.74) is 1.14. The van der Waals surface area contributed by atoms with E-state index in [4.69, 9.17) is 18.9 Å². The van der Waals surface area contributed by atoms with Gasteiger partial charge in [-0.1, -0.05) is 27.7 Å². The summed E-state index contributed by atoms with van der Waals surface area (Å²) < 4.78 is 23.5. The molecule has 0 atom stereocenters. The Morgan fingerprint density at radius 2 is 1.24 bits per heavy atom. The molecule has 224 valence electrons. The first-order valence-corrected chi connectivity index (χ1v) is 14.1. The molecule has 0 fully saturated rings. The molecule has 7 nitrogen and oxygen atoms in total. The van der Waals surface area contributed by atoms with E-state index in [1.807, 2.05) is 55.4 Å². The van der Waals surface area contributed by atoms with E-state index in [0.29, 0.717) is 40.7 Å². The normalized spacial score (nSPS) is 12.1. The molecule has 0 unspecified atom stereocenters. The lowest BCUT2D eigenvalue weighted by atomic mass is 9.88. The minimum Gasteiger partial charge on any atom is -0.496 e. The topological polar surface area (TPSA) is 88.1 Å². The van der Waals surface area contributed by atoms with Crippen molar-refractivity contribution in [1.29, 1.82) is 0 Å². The molecule has 7 heteroatoms. The molecule has 0 N–H and O–H groups in total. The highest BCUT2D eigenvalue weighted by atomic mass is 16.5. The molecule has 0 saturated carbocycles. The van der Waals surface area contributed by atoms with E-state index in [2.05, 4.69) is 0 Å². The van der Waals surface area contributed by atoms with Crippen molar-refractivity contribution in [3.8, 4) is 23.0 Å². The zero-order valence-electron chi connectivity index (χ0n) is 26.7. The number of allylic oxidation sites excluding steroid dienone is 1. The summed E-state index contributed by atoms with van der Waals surface area (Å²) in [5, 5.41) is 0. The maximum Gasteiger partial charge on any atom is 0.316 e. The van der Waals surface area contributed by atoms with Gasteiger partial charge in [0.15, 0.2) is 5.78 Å². The van der Waals surface area contributed by atoms with Crippen molar-refractivity contribution in [3.63, 3.8) is 0 Å². The number of hydrogen-bond donors (Lipinski definition) is 0. The van der Waals surface area contributed by atoms with Gasteiger partial charge in [-0.05, 0) is 96.7 Å². The number of ketones is 1. The zero-order chi connectivity index (χ0) is 31.3. The molecule has 0 aliphatic carbocycles. The molecule has 2 aromatic carbocycles. The van der Waals surface area contributed by atoms with Crippen LogP contribution >= 0.6 is 0 Å². The quantitative estimate of drug-likeness (QED) is 0.124. The van der Waals surface area contributed by atoms with Gasteiger partial charge in [0.1, 0.15) is 23.0 Å². The average molecular weight is 567 g/mol. The fourth-order valence-electron chi connectivity index (χ4n) is 4.02. The lowest BCUT2D eigenvalue weighted by Crippen LogP contribution is -2.27. The van der Waals surface area contributed by atoms with Crippen LogP contribution in [0.4, 0.5) is 0 Å². The van der Waals surface area contributed by atoms with Crippen LogP contribution in [0.2, 0.25) is 0 Å². The number of carbonyl (C=O) groups excluding carboxylic acids is 3. The maximum absolute atomic E-state index is 13.2. The van der Waals surface area contributed by atoms with Crippen LogP contribution in [0.3, 0.4) is 0 Å². The van der Waals surface area contributed by atoms with E-state index in [1.54, 1.807) is 58.2 Å². The summed E-state index contributed by atoms with van der Waals surface area (Å²) >= 11 is 0. The summed E-state index contributed by atoms with van der Waals surface area (Å²) in [7, 11) is 1.55. The number of methoxy groups -OCH3 is 1. The van der Waals surface area contributed by atoms with Gasteiger partial charge in [0.05, 0.1) is 30.1 Å². The lowest BCUT2D eigenvalue weighted by molar-refractivity contribution is -0.143. The van der Waals surface area contributed by atoms with Crippen molar-refractivity contribution in [2.45, 2.75) is 88.0 Å². The van der Waals surface area contributed by atoms with Crippen molar-refractivity contribution in [2.24, 2.45) is 10.8 Å². The van der Waals surface area contributed by atoms with Crippen molar-refractivity contribution < 1.29 is 33.3 Å². The molecule has 2 rings (SSSR count). The van der Waals surface area contributed by atoms with Crippen LogP contribution in [-0.4, -0.2) is 31.4 Å². The predicted molar refractivity (Wildman–Crippen MR) is 162 cm³/mol. The number of ether oxygens (including phenoxy) is 4. The number of rotatable bonds is 10. The molecule has 2 aromatic rings. The summed E-state index contributed by atoms with van der Waals surface area (Å²) in [4.78, 5) is 38.4. The van der Waals surface area contributed by atoms with E-state index < -0.39 is 10.8 Å². The second kappa shape index (κ2) is 13.4. The van der Waals surface area contributed by atoms with Gasteiger partial charge in [-0.3, -0.25) is 14.4 Å². The van der Waals surface area contributed by atoms with Crippen molar-refractivity contribution in [3.05, 3.63) is 52.6 Å². The minimum atomic E-state index is -0.715. The third kappa shape index (κ3) is 8.21. The van der Waals surface area contributed by atoms with Gasteiger partial charge in [0.25, 0.3) is 0 Å². The lowest BCUT2D eigenvalue weighted by Gasteiger charge is -2.28. The summed E-state index contributed by atoms with van der Waals surface area (Å²) in [6.07, 6.45) is 3.15. The molecule has 0 radical (unpaired) electrons. The summed E-state index contributed by atoms with van der Waals surface area (Å²) in [5.74, 6) is 0.719. The van der Waals surface area contributed by atoms with Crippen molar-refractivity contribution in [2.75, 3.05) is 13.7 Å². The molecule has 0 heterocycles. The molecule has 41 heavy (non-hydrogen) atoms. The third-order valence-corrected chi connectivity index (χ3v) is 6.29. The Labute approximate surface area is 245 Å². The maximum atomic E-state index is 13.2. The number of carbonyl (C=O) groups is 3. The molecular formula is C34H46O7. The van der Waals surface area contributed by atoms with Gasteiger partial charge >= 0.3 is 11.9 Å². The van der Waals surface area contributed by atoms with Crippen LogP contribution in [0.5, 0.6) is 23.0 Å². The van der Waals surface area contributed by atoms with E-state index in [0.717, 1.165) is 11.1 Å². The van der Waals surface area contributed by atoms with Gasteiger partial charge in [0.2, 0.25) is 0 Å². The molecule has 0 aromatic heterocycles. The monoisotopic (exact) mass is 566 g/mol. The van der Waals surface area contributed by atoms with Crippen molar-refractivity contribution >= 4 is 23.8 Å². The number of esters is 2. The highest BCUT2D eigenvalue weighted by Crippen LogP contribution is 2.50. The second-order valence-corrected chi connectivity index (χ2v) is 12.7. The molecular weight excluding hydrogens is 520 g/mol. The summed E-state index contributed by atoms with van der Waals surface area (Å²) in [6.45, 7) is 21.0. The Bertz CT molecular complexity index is 1280. The molecule has 0 saturated heterocycles. The van der Waals surface area contributed by atoms with E-state index in [-0.39, 0.29) is 29.6 Å². The molecule has 0 spiro atoms. The minimum absolute atomic E-state index is 0.0612. The van der Waals surface area contributed by atoms with Crippen LogP contribution in [0.1, 0.15) is 115 Å². The largest absolute Gasteiger partial charge is 0.496 e. The first-order chi connectivity index (χ1) is 18.9. The average Bonchev–Trinajstić information content (AvgIpc) is 2.86. The highest BCUT2D eigenvalue weighted by Gasteiger charge is 2.33. The Kier molecular flexibility index (Phi) is 11.0. The van der Waals surface area contributed by atoms with Crippen molar-refractivity contribution in [1.82, 2.24) is 0 Å². The van der Waals surface area contributed by atoms with Crippen LogP contribution in [-0.2, 0) is 9.59 Å². The SMILES string of the molecule is CCOc1c(C=CC(=O)c2ccc(OC(=O)C(C)(C)C)cc2)c(OC)c(C(C)C)c(OC(=O)C(C)(C)C)c1C(C)C. The third-order valence-electron chi connectivity index (χ3n) is 6.29. The van der Waals surface area contributed by atoms with Gasteiger partial charge in [0, 0.05) is 16.7 Å². The van der Waals surface area contributed by atoms with Crippen LogP contribution in [0.15, 0.2) is 30.3 Å². The van der Waals surface area contributed by atoms with Crippen LogP contribution in [0, 0.1) is 10.8 Å². The number of hydrogen-bond acceptors (Lipinski definition) is 7.